The number of aromatic hydroxyl groups is 1. The molecule has 1 aromatic heterocycles. The zero-order valence-corrected chi connectivity index (χ0v) is 13.1. The minimum atomic E-state index is -0.540. The molecule has 0 atom stereocenters. The van der Waals surface area contributed by atoms with Crippen molar-refractivity contribution in [2.24, 2.45) is 0 Å². The van der Waals surface area contributed by atoms with Gasteiger partial charge in [-0.15, -0.1) is 0 Å². The molecule has 0 aliphatic heterocycles. The summed E-state index contributed by atoms with van der Waals surface area (Å²) in [5.41, 5.74) is 0.691. The average Bonchev–Trinajstić information content (AvgIpc) is 3.01. The van der Waals surface area contributed by atoms with Gasteiger partial charge in [0.15, 0.2) is 23.9 Å². The summed E-state index contributed by atoms with van der Waals surface area (Å²) in [4.78, 5) is 15.8. The first-order valence-electron chi connectivity index (χ1n) is 7.04. The van der Waals surface area contributed by atoms with Gasteiger partial charge in [-0.25, -0.2) is 4.79 Å². The minimum Gasteiger partial charge on any atom is -0.504 e. The number of hydrogen-bond donors (Lipinski definition) is 1. The van der Waals surface area contributed by atoms with Crippen LogP contribution in [0, 0.1) is 0 Å². The van der Waals surface area contributed by atoms with Crippen LogP contribution in [-0.4, -0.2) is 28.3 Å². The van der Waals surface area contributed by atoms with Crippen LogP contribution in [0.3, 0.4) is 0 Å². The van der Waals surface area contributed by atoms with Gasteiger partial charge in [0.25, 0.3) is 5.89 Å². The Kier molecular flexibility index (Phi) is 5.35. The molecule has 0 bridgehead atoms. The predicted octanol–water partition coefficient (Wildman–Crippen LogP) is 2.66. The molecule has 0 fully saturated rings. The second-order valence-corrected chi connectivity index (χ2v) is 5.07. The van der Waals surface area contributed by atoms with E-state index in [-0.39, 0.29) is 24.2 Å². The molecule has 2 aromatic rings. The molecule has 0 aliphatic carbocycles. The van der Waals surface area contributed by atoms with Crippen molar-refractivity contribution in [2.75, 3.05) is 7.11 Å². The number of methoxy groups -OCH3 is 1. The Bertz CT molecular complexity index is 706. The molecule has 1 N–H and O–H groups in total. The third-order valence-electron chi connectivity index (χ3n) is 2.95. The van der Waals surface area contributed by atoms with E-state index in [9.17, 15) is 9.90 Å². The van der Waals surface area contributed by atoms with Crippen molar-refractivity contribution in [3.8, 4) is 11.5 Å². The first-order valence-corrected chi connectivity index (χ1v) is 7.04. The van der Waals surface area contributed by atoms with Crippen molar-refractivity contribution in [3.05, 3.63) is 41.6 Å². The van der Waals surface area contributed by atoms with Crippen molar-refractivity contribution in [1.29, 1.82) is 0 Å². The maximum absolute atomic E-state index is 11.7. The summed E-state index contributed by atoms with van der Waals surface area (Å²) in [7, 11) is 1.45. The number of nitrogens with zero attached hydrogens (tertiary/aromatic N) is 2. The van der Waals surface area contributed by atoms with Crippen LogP contribution >= 0.6 is 0 Å². The first-order chi connectivity index (χ1) is 11.0. The van der Waals surface area contributed by atoms with Gasteiger partial charge in [0.05, 0.1) is 7.11 Å². The Morgan fingerprint density at radius 1 is 1.43 bits per heavy atom. The van der Waals surface area contributed by atoms with Crippen LogP contribution in [0.1, 0.15) is 37.0 Å². The van der Waals surface area contributed by atoms with Crippen molar-refractivity contribution in [3.63, 3.8) is 0 Å². The molecule has 7 heteroatoms. The summed E-state index contributed by atoms with van der Waals surface area (Å²) in [5.74, 6) is 0.788. The smallest absolute Gasteiger partial charge is 0.331 e. The van der Waals surface area contributed by atoms with Gasteiger partial charge in [-0.1, -0.05) is 25.1 Å². The number of ether oxygens (including phenoxy) is 2. The van der Waals surface area contributed by atoms with E-state index in [1.54, 1.807) is 18.2 Å². The fourth-order valence-corrected chi connectivity index (χ4v) is 1.70. The van der Waals surface area contributed by atoms with E-state index in [2.05, 4.69) is 10.1 Å². The highest BCUT2D eigenvalue weighted by molar-refractivity contribution is 5.87. The lowest BCUT2D eigenvalue weighted by molar-refractivity contribution is -0.139. The summed E-state index contributed by atoms with van der Waals surface area (Å²) >= 11 is 0. The summed E-state index contributed by atoms with van der Waals surface area (Å²) in [6.45, 7) is 3.80. The largest absolute Gasteiger partial charge is 0.504 e. The van der Waals surface area contributed by atoms with E-state index in [0.29, 0.717) is 17.1 Å². The predicted molar refractivity (Wildman–Crippen MR) is 81.9 cm³/mol. The van der Waals surface area contributed by atoms with Gasteiger partial charge in [-0.2, -0.15) is 4.98 Å². The van der Waals surface area contributed by atoms with Gasteiger partial charge in [-0.3, -0.25) is 0 Å². The SMILES string of the molecule is COc1cc(/C=C/C(=O)OCc2nc(C(C)C)no2)ccc1O. The van der Waals surface area contributed by atoms with E-state index in [1.165, 1.54) is 19.3 Å². The fraction of sp³-hybridized carbons (Fsp3) is 0.312. The lowest BCUT2D eigenvalue weighted by Gasteiger charge is -2.03. The summed E-state index contributed by atoms with van der Waals surface area (Å²) in [6, 6.07) is 4.73. The third kappa shape index (κ3) is 4.57. The Balaban J connectivity index is 1.91. The summed E-state index contributed by atoms with van der Waals surface area (Å²) in [6.07, 6.45) is 2.82. The van der Waals surface area contributed by atoms with Gasteiger partial charge in [0.2, 0.25) is 0 Å². The number of carbonyl (C=O) groups is 1. The van der Waals surface area contributed by atoms with E-state index in [0.717, 1.165) is 0 Å². The molecule has 1 heterocycles. The highest BCUT2D eigenvalue weighted by Crippen LogP contribution is 2.26. The number of carbonyl (C=O) groups excluding carboxylic acids is 1. The second-order valence-electron chi connectivity index (χ2n) is 5.07. The van der Waals surface area contributed by atoms with Crippen LogP contribution < -0.4 is 4.74 Å². The Hall–Kier alpha value is -2.83. The van der Waals surface area contributed by atoms with Crippen molar-refractivity contribution in [2.45, 2.75) is 26.4 Å². The number of phenolic OH excluding ortho intramolecular Hbond substituents is 1. The van der Waals surface area contributed by atoms with Gasteiger partial charge in [0, 0.05) is 12.0 Å². The standard InChI is InChI=1S/C16H18N2O5/c1-10(2)16-17-14(23-18-16)9-22-15(20)7-5-11-4-6-12(19)13(8-11)21-3/h4-8,10,19H,9H2,1-3H3/b7-5+. The number of benzene rings is 1. The van der Waals surface area contributed by atoms with Gasteiger partial charge in [0.1, 0.15) is 0 Å². The van der Waals surface area contributed by atoms with Crippen LogP contribution in [0.15, 0.2) is 28.8 Å². The average molecular weight is 318 g/mol. The van der Waals surface area contributed by atoms with Crippen LogP contribution in [0.4, 0.5) is 0 Å². The highest BCUT2D eigenvalue weighted by Gasteiger charge is 2.10. The Morgan fingerprint density at radius 3 is 2.87 bits per heavy atom. The van der Waals surface area contributed by atoms with Crippen molar-refractivity contribution < 1.29 is 23.9 Å². The molecule has 7 nitrogen and oxygen atoms in total. The van der Waals surface area contributed by atoms with Crippen LogP contribution in [0.2, 0.25) is 0 Å². The molecule has 0 saturated heterocycles. The van der Waals surface area contributed by atoms with Gasteiger partial charge >= 0.3 is 5.97 Å². The normalized spacial score (nSPS) is 11.1. The van der Waals surface area contributed by atoms with Gasteiger partial charge < -0.3 is 19.1 Å². The monoisotopic (exact) mass is 318 g/mol. The number of hydrogen-bond acceptors (Lipinski definition) is 7. The molecule has 0 unspecified atom stereocenters. The Labute approximate surface area is 133 Å². The molecule has 0 radical (unpaired) electrons. The quantitative estimate of drug-likeness (QED) is 0.646. The van der Waals surface area contributed by atoms with Crippen LogP contribution in [0.25, 0.3) is 6.08 Å². The second kappa shape index (κ2) is 7.44. The van der Waals surface area contributed by atoms with Crippen molar-refractivity contribution in [1.82, 2.24) is 10.1 Å². The molecular formula is C16H18N2O5. The lowest BCUT2D eigenvalue weighted by atomic mass is 10.2. The van der Waals surface area contributed by atoms with Gasteiger partial charge in [-0.05, 0) is 23.8 Å². The molecule has 2 rings (SSSR count). The highest BCUT2D eigenvalue weighted by atomic mass is 16.6. The maximum atomic E-state index is 11.7. The first kappa shape index (κ1) is 16.5. The number of rotatable bonds is 6. The molecule has 0 aliphatic rings. The summed E-state index contributed by atoms with van der Waals surface area (Å²) in [5, 5.41) is 13.3. The van der Waals surface area contributed by atoms with Crippen LogP contribution in [0.5, 0.6) is 11.5 Å². The Morgan fingerprint density at radius 2 is 2.22 bits per heavy atom. The molecule has 1 aromatic carbocycles. The van der Waals surface area contributed by atoms with E-state index in [4.69, 9.17) is 14.0 Å². The minimum absolute atomic E-state index is 0.0320. The van der Waals surface area contributed by atoms with E-state index in [1.807, 2.05) is 13.8 Å². The molecule has 0 amide bonds. The number of aromatic nitrogens is 2. The third-order valence-corrected chi connectivity index (χ3v) is 2.95. The lowest BCUT2D eigenvalue weighted by Crippen LogP contribution is -2.01. The number of phenols is 1. The topological polar surface area (TPSA) is 94.7 Å². The summed E-state index contributed by atoms with van der Waals surface area (Å²) < 4.78 is 15.0. The molecule has 0 spiro atoms. The maximum Gasteiger partial charge on any atom is 0.331 e. The molecular weight excluding hydrogens is 300 g/mol. The zero-order valence-electron chi connectivity index (χ0n) is 13.1. The number of esters is 1. The molecule has 0 saturated carbocycles. The molecule has 122 valence electrons. The van der Waals surface area contributed by atoms with Crippen molar-refractivity contribution >= 4 is 12.0 Å². The van der Waals surface area contributed by atoms with Crippen LogP contribution in [-0.2, 0) is 16.1 Å². The zero-order chi connectivity index (χ0) is 16.8. The van der Waals surface area contributed by atoms with E-state index >= 15 is 0 Å². The molecule has 23 heavy (non-hydrogen) atoms. The fourth-order valence-electron chi connectivity index (χ4n) is 1.70. The van der Waals surface area contributed by atoms with E-state index < -0.39 is 5.97 Å².